The second-order valence-corrected chi connectivity index (χ2v) is 6.30. The summed E-state index contributed by atoms with van der Waals surface area (Å²) in [5.74, 6) is 2.52. The summed E-state index contributed by atoms with van der Waals surface area (Å²) in [5, 5.41) is 13.0. The number of benzene rings is 1. The van der Waals surface area contributed by atoms with Crippen LogP contribution in [0.2, 0.25) is 0 Å². The molecule has 24 heavy (non-hydrogen) atoms. The van der Waals surface area contributed by atoms with Crippen molar-refractivity contribution in [3.8, 4) is 23.0 Å². The number of aromatic nitrogens is 2. The molecule has 0 unspecified atom stereocenters. The number of rotatable bonds is 4. The van der Waals surface area contributed by atoms with Crippen LogP contribution in [0.5, 0.6) is 0 Å². The Morgan fingerprint density at radius 1 is 1.00 bits per heavy atom. The van der Waals surface area contributed by atoms with Gasteiger partial charge in [0.25, 0.3) is 5.89 Å². The molecule has 4 rings (SSSR count). The summed E-state index contributed by atoms with van der Waals surface area (Å²) in [7, 11) is 0. The topological polar surface area (TPSA) is 72.3 Å². The van der Waals surface area contributed by atoms with E-state index in [4.69, 9.17) is 14.0 Å². The summed E-state index contributed by atoms with van der Waals surface area (Å²) in [4.78, 5) is 4.39. The quantitative estimate of drug-likeness (QED) is 0.763. The van der Waals surface area contributed by atoms with E-state index in [0.29, 0.717) is 29.2 Å². The number of aliphatic hydroxyl groups excluding tert-OH is 1. The van der Waals surface area contributed by atoms with Crippen LogP contribution in [-0.2, 0) is 6.61 Å². The minimum Gasteiger partial charge on any atom is -0.455 e. The normalized spacial score (nSPS) is 15.7. The summed E-state index contributed by atoms with van der Waals surface area (Å²) in [5.41, 5.74) is 2.30. The Labute approximate surface area is 140 Å². The van der Waals surface area contributed by atoms with E-state index in [1.54, 1.807) is 12.1 Å². The van der Waals surface area contributed by atoms with Crippen molar-refractivity contribution in [1.82, 2.24) is 10.1 Å². The predicted molar refractivity (Wildman–Crippen MR) is 89.2 cm³/mol. The summed E-state index contributed by atoms with van der Waals surface area (Å²) in [6.07, 6.45) is 6.60. The molecule has 0 amide bonds. The molecule has 1 aliphatic carbocycles. The van der Waals surface area contributed by atoms with E-state index in [9.17, 15) is 0 Å². The van der Waals surface area contributed by atoms with Crippen LogP contribution in [0.15, 0.2) is 45.3 Å². The molecule has 3 aromatic rings. The Kier molecular flexibility index (Phi) is 4.17. The summed E-state index contributed by atoms with van der Waals surface area (Å²) in [6.45, 7) is -0.145. The number of nitrogens with zero attached hydrogens (tertiary/aromatic N) is 2. The van der Waals surface area contributed by atoms with Crippen molar-refractivity contribution < 1.29 is 14.0 Å². The van der Waals surface area contributed by atoms with Crippen molar-refractivity contribution >= 4 is 0 Å². The molecular formula is C19H20N2O3. The third kappa shape index (κ3) is 2.99. The Balaban J connectivity index is 1.53. The van der Waals surface area contributed by atoms with Crippen LogP contribution in [0.25, 0.3) is 23.0 Å². The Bertz CT molecular complexity index is 798. The first-order valence-electron chi connectivity index (χ1n) is 8.47. The van der Waals surface area contributed by atoms with E-state index in [1.165, 1.54) is 37.7 Å². The number of furan rings is 1. The highest BCUT2D eigenvalue weighted by molar-refractivity contribution is 5.57. The van der Waals surface area contributed by atoms with Gasteiger partial charge in [0.1, 0.15) is 12.4 Å². The fourth-order valence-electron chi connectivity index (χ4n) is 3.36. The molecule has 1 fully saturated rings. The maximum atomic E-state index is 9.06. The molecule has 0 radical (unpaired) electrons. The first-order chi connectivity index (χ1) is 11.8. The van der Waals surface area contributed by atoms with Gasteiger partial charge < -0.3 is 14.0 Å². The maximum absolute atomic E-state index is 9.06. The van der Waals surface area contributed by atoms with Gasteiger partial charge in [-0.15, -0.1) is 0 Å². The molecule has 5 heteroatoms. The highest BCUT2D eigenvalue weighted by Gasteiger charge is 2.17. The number of hydrogen-bond donors (Lipinski definition) is 1. The zero-order valence-corrected chi connectivity index (χ0v) is 13.4. The third-order valence-corrected chi connectivity index (χ3v) is 4.70. The molecule has 2 aromatic heterocycles. The lowest BCUT2D eigenvalue weighted by Gasteiger charge is -2.21. The highest BCUT2D eigenvalue weighted by atomic mass is 16.5. The second kappa shape index (κ2) is 6.61. The number of hydrogen-bond acceptors (Lipinski definition) is 5. The molecule has 0 spiro atoms. The van der Waals surface area contributed by atoms with Gasteiger partial charge in [0.2, 0.25) is 5.82 Å². The van der Waals surface area contributed by atoms with Gasteiger partial charge in [-0.1, -0.05) is 36.6 Å². The van der Waals surface area contributed by atoms with Gasteiger partial charge in [-0.05, 0) is 48.6 Å². The smallest absolute Gasteiger partial charge is 0.258 e. The van der Waals surface area contributed by atoms with Crippen molar-refractivity contribution in [3.63, 3.8) is 0 Å². The minimum absolute atomic E-state index is 0.145. The molecule has 0 atom stereocenters. The monoisotopic (exact) mass is 324 g/mol. The third-order valence-electron chi connectivity index (χ3n) is 4.70. The molecule has 1 saturated carbocycles. The van der Waals surface area contributed by atoms with Gasteiger partial charge in [0.05, 0.1) is 0 Å². The van der Waals surface area contributed by atoms with Crippen molar-refractivity contribution in [3.05, 3.63) is 47.7 Å². The van der Waals surface area contributed by atoms with Gasteiger partial charge in [0.15, 0.2) is 5.76 Å². The molecule has 1 aliphatic rings. The molecule has 1 N–H and O–H groups in total. The standard InChI is InChI=1S/C19H20N2O3/c22-12-16-10-11-17(23-16)18-20-19(24-21-18)15-8-6-14(7-9-15)13-4-2-1-3-5-13/h6-11,13,22H,1-5,12H2. The fraction of sp³-hybridized carbons (Fsp3) is 0.368. The lowest BCUT2D eigenvalue weighted by molar-refractivity contribution is 0.248. The summed E-state index contributed by atoms with van der Waals surface area (Å²) < 4.78 is 10.8. The zero-order valence-electron chi connectivity index (χ0n) is 13.4. The average molecular weight is 324 g/mol. The second-order valence-electron chi connectivity index (χ2n) is 6.30. The molecule has 124 valence electrons. The highest BCUT2D eigenvalue weighted by Crippen LogP contribution is 2.33. The van der Waals surface area contributed by atoms with Crippen LogP contribution in [0.3, 0.4) is 0 Å². The first-order valence-corrected chi connectivity index (χ1v) is 8.47. The lowest BCUT2D eigenvalue weighted by Crippen LogP contribution is -2.04. The van der Waals surface area contributed by atoms with E-state index >= 15 is 0 Å². The van der Waals surface area contributed by atoms with E-state index in [2.05, 4.69) is 22.3 Å². The van der Waals surface area contributed by atoms with Gasteiger partial charge in [0, 0.05) is 5.56 Å². The van der Waals surface area contributed by atoms with Crippen LogP contribution in [0.1, 0.15) is 49.3 Å². The lowest BCUT2D eigenvalue weighted by atomic mass is 9.84. The molecule has 5 nitrogen and oxygen atoms in total. The van der Waals surface area contributed by atoms with Crippen LogP contribution in [0, 0.1) is 0 Å². The average Bonchev–Trinajstić information content (AvgIpc) is 3.32. The Morgan fingerprint density at radius 3 is 2.50 bits per heavy atom. The van der Waals surface area contributed by atoms with Crippen LogP contribution >= 0.6 is 0 Å². The van der Waals surface area contributed by atoms with Gasteiger partial charge >= 0.3 is 0 Å². The predicted octanol–water partition coefficient (Wildman–Crippen LogP) is 4.54. The molecular weight excluding hydrogens is 304 g/mol. The van der Waals surface area contributed by atoms with Crippen LogP contribution in [0.4, 0.5) is 0 Å². The maximum Gasteiger partial charge on any atom is 0.258 e. The minimum atomic E-state index is -0.145. The Morgan fingerprint density at radius 2 is 1.79 bits per heavy atom. The molecule has 1 aromatic carbocycles. The Hall–Kier alpha value is -2.40. The zero-order chi connectivity index (χ0) is 16.4. The van der Waals surface area contributed by atoms with Crippen molar-refractivity contribution in [2.45, 2.75) is 44.6 Å². The molecule has 0 bridgehead atoms. The van der Waals surface area contributed by atoms with Crippen LogP contribution < -0.4 is 0 Å². The SMILES string of the molecule is OCc1ccc(-c2noc(-c3ccc(C4CCCCC4)cc3)n2)o1. The molecule has 0 saturated heterocycles. The van der Waals surface area contributed by atoms with Crippen molar-refractivity contribution in [2.24, 2.45) is 0 Å². The number of aliphatic hydroxyl groups is 1. The van der Waals surface area contributed by atoms with Gasteiger partial charge in [-0.25, -0.2) is 0 Å². The van der Waals surface area contributed by atoms with Gasteiger partial charge in [-0.3, -0.25) is 0 Å². The van der Waals surface area contributed by atoms with E-state index in [0.717, 1.165) is 5.56 Å². The van der Waals surface area contributed by atoms with E-state index in [1.807, 2.05) is 12.1 Å². The van der Waals surface area contributed by atoms with E-state index < -0.39 is 0 Å². The molecule has 0 aliphatic heterocycles. The van der Waals surface area contributed by atoms with E-state index in [-0.39, 0.29) is 6.61 Å². The van der Waals surface area contributed by atoms with Crippen molar-refractivity contribution in [1.29, 1.82) is 0 Å². The first kappa shape index (κ1) is 15.1. The largest absolute Gasteiger partial charge is 0.455 e. The van der Waals surface area contributed by atoms with Crippen molar-refractivity contribution in [2.75, 3.05) is 0 Å². The van der Waals surface area contributed by atoms with Gasteiger partial charge in [-0.2, -0.15) is 4.98 Å². The summed E-state index contributed by atoms with van der Waals surface area (Å²) >= 11 is 0. The van der Waals surface area contributed by atoms with Crippen LogP contribution in [-0.4, -0.2) is 15.2 Å². The summed E-state index contributed by atoms with van der Waals surface area (Å²) in [6, 6.07) is 11.9. The fourth-order valence-corrected chi connectivity index (χ4v) is 3.36. The molecule has 2 heterocycles.